The summed E-state index contributed by atoms with van der Waals surface area (Å²) in [6, 6.07) is 7.88. The lowest BCUT2D eigenvalue weighted by molar-refractivity contribution is -0.146. The fourth-order valence-electron chi connectivity index (χ4n) is 2.40. The zero-order valence-electron chi connectivity index (χ0n) is 13.0. The van der Waals surface area contributed by atoms with E-state index in [0.29, 0.717) is 19.5 Å². The molecule has 0 spiro atoms. The SMILES string of the molecule is CCCN(CC(NCC)c1ccc(C)cc1)CC(F)(F)F. The molecule has 0 aliphatic carbocycles. The molecule has 21 heavy (non-hydrogen) atoms. The van der Waals surface area contributed by atoms with Crippen molar-refractivity contribution in [1.82, 2.24) is 10.2 Å². The molecular formula is C16H25F3N2. The molecule has 2 nitrogen and oxygen atoms in total. The fraction of sp³-hybridized carbons (Fsp3) is 0.625. The van der Waals surface area contributed by atoms with Gasteiger partial charge in [0.25, 0.3) is 0 Å². The number of nitrogens with zero attached hydrogens (tertiary/aromatic N) is 1. The maximum Gasteiger partial charge on any atom is 0.401 e. The Hall–Kier alpha value is -1.07. The number of alkyl halides is 3. The molecule has 0 aromatic heterocycles. The molecule has 0 saturated heterocycles. The Balaban J connectivity index is 2.80. The lowest BCUT2D eigenvalue weighted by Gasteiger charge is -2.28. The number of halogens is 3. The summed E-state index contributed by atoms with van der Waals surface area (Å²) in [5.74, 6) is 0. The quantitative estimate of drug-likeness (QED) is 0.783. The van der Waals surface area contributed by atoms with Gasteiger partial charge in [-0.15, -0.1) is 0 Å². The number of likely N-dealkylation sites (N-methyl/N-ethyl adjacent to an activating group) is 1. The van der Waals surface area contributed by atoms with Crippen LogP contribution in [-0.2, 0) is 0 Å². The van der Waals surface area contributed by atoms with Gasteiger partial charge in [-0.05, 0) is 32.0 Å². The molecule has 0 radical (unpaired) electrons. The first-order valence-electron chi connectivity index (χ1n) is 7.44. The van der Waals surface area contributed by atoms with Crippen LogP contribution in [0.25, 0.3) is 0 Å². The minimum Gasteiger partial charge on any atom is -0.309 e. The van der Waals surface area contributed by atoms with E-state index in [1.165, 1.54) is 4.90 Å². The van der Waals surface area contributed by atoms with E-state index in [-0.39, 0.29) is 6.04 Å². The molecule has 1 unspecified atom stereocenters. The lowest BCUT2D eigenvalue weighted by atomic mass is 10.0. The third-order valence-corrected chi connectivity index (χ3v) is 3.31. The molecule has 1 rings (SSSR count). The Morgan fingerprint density at radius 3 is 2.24 bits per heavy atom. The van der Waals surface area contributed by atoms with Gasteiger partial charge in [0.05, 0.1) is 6.54 Å². The van der Waals surface area contributed by atoms with Gasteiger partial charge in [0.2, 0.25) is 0 Å². The van der Waals surface area contributed by atoms with E-state index in [1.807, 2.05) is 45.0 Å². The third-order valence-electron chi connectivity index (χ3n) is 3.31. The van der Waals surface area contributed by atoms with Crippen LogP contribution in [0.15, 0.2) is 24.3 Å². The predicted molar refractivity (Wildman–Crippen MR) is 80.4 cm³/mol. The van der Waals surface area contributed by atoms with Crippen molar-refractivity contribution in [3.63, 3.8) is 0 Å². The number of nitrogens with one attached hydrogen (secondary N) is 1. The van der Waals surface area contributed by atoms with Crippen LogP contribution in [0, 0.1) is 6.92 Å². The zero-order valence-corrected chi connectivity index (χ0v) is 13.0. The summed E-state index contributed by atoms with van der Waals surface area (Å²) in [4.78, 5) is 1.48. The number of benzene rings is 1. The molecule has 1 aromatic rings. The van der Waals surface area contributed by atoms with Crippen LogP contribution in [0.2, 0.25) is 0 Å². The minimum atomic E-state index is -4.15. The standard InChI is InChI=1S/C16H25F3N2/c1-4-10-21(12-16(17,18)19)11-15(20-5-2)14-8-6-13(3)7-9-14/h6-9,15,20H,4-5,10-12H2,1-3H3. The first kappa shape index (κ1) is 18.0. The Kier molecular flexibility index (Phi) is 7.18. The van der Waals surface area contributed by atoms with Gasteiger partial charge in [-0.3, -0.25) is 4.90 Å². The third kappa shape index (κ3) is 6.96. The van der Waals surface area contributed by atoms with E-state index < -0.39 is 12.7 Å². The van der Waals surface area contributed by atoms with Crippen molar-refractivity contribution in [2.45, 2.75) is 39.4 Å². The first-order chi connectivity index (χ1) is 9.85. The van der Waals surface area contributed by atoms with Crippen LogP contribution in [0.1, 0.15) is 37.4 Å². The maximum absolute atomic E-state index is 12.7. The highest BCUT2D eigenvalue weighted by Gasteiger charge is 2.31. The Morgan fingerprint density at radius 2 is 1.76 bits per heavy atom. The van der Waals surface area contributed by atoms with Crippen LogP contribution in [0.5, 0.6) is 0 Å². The summed E-state index contributed by atoms with van der Waals surface area (Å²) in [7, 11) is 0. The minimum absolute atomic E-state index is 0.0792. The highest BCUT2D eigenvalue weighted by Crippen LogP contribution is 2.20. The molecule has 0 heterocycles. The zero-order chi connectivity index (χ0) is 15.9. The van der Waals surface area contributed by atoms with Gasteiger partial charge >= 0.3 is 6.18 Å². The van der Waals surface area contributed by atoms with E-state index in [2.05, 4.69) is 5.32 Å². The Labute approximate surface area is 125 Å². The molecule has 1 N–H and O–H groups in total. The second-order valence-electron chi connectivity index (χ2n) is 5.37. The number of aryl methyl sites for hydroxylation is 1. The fourth-order valence-corrected chi connectivity index (χ4v) is 2.40. The maximum atomic E-state index is 12.7. The van der Waals surface area contributed by atoms with Gasteiger partial charge in [-0.2, -0.15) is 13.2 Å². The molecule has 0 saturated carbocycles. The Bertz CT molecular complexity index is 401. The normalized spacial score (nSPS) is 13.7. The van der Waals surface area contributed by atoms with E-state index in [9.17, 15) is 13.2 Å². The van der Waals surface area contributed by atoms with E-state index in [1.54, 1.807) is 0 Å². The smallest absolute Gasteiger partial charge is 0.309 e. The average molecular weight is 302 g/mol. The summed E-state index contributed by atoms with van der Waals surface area (Å²) in [5, 5.41) is 3.28. The molecule has 0 amide bonds. The molecule has 0 aliphatic heterocycles. The van der Waals surface area contributed by atoms with Gasteiger partial charge in [0.1, 0.15) is 0 Å². The summed E-state index contributed by atoms with van der Waals surface area (Å²) >= 11 is 0. The lowest BCUT2D eigenvalue weighted by Crippen LogP contribution is -2.40. The highest BCUT2D eigenvalue weighted by molar-refractivity contribution is 5.24. The van der Waals surface area contributed by atoms with Crippen molar-refractivity contribution in [2.75, 3.05) is 26.2 Å². The van der Waals surface area contributed by atoms with Gasteiger partial charge in [0.15, 0.2) is 0 Å². The molecule has 120 valence electrons. The van der Waals surface area contributed by atoms with Crippen molar-refractivity contribution >= 4 is 0 Å². The van der Waals surface area contributed by atoms with Gasteiger partial charge in [-0.25, -0.2) is 0 Å². The molecule has 5 heteroatoms. The van der Waals surface area contributed by atoms with Gasteiger partial charge in [-0.1, -0.05) is 43.7 Å². The van der Waals surface area contributed by atoms with Crippen molar-refractivity contribution in [3.8, 4) is 0 Å². The van der Waals surface area contributed by atoms with E-state index in [4.69, 9.17) is 0 Å². The second kappa shape index (κ2) is 8.39. The summed E-state index contributed by atoms with van der Waals surface area (Å²) in [6.45, 7) is 6.56. The molecule has 1 aromatic carbocycles. The van der Waals surface area contributed by atoms with Crippen molar-refractivity contribution in [3.05, 3.63) is 35.4 Å². The van der Waals surface area contributed by atoms with E-state index >= 15 is 0 Å². The molecule has 0 bridgehead atoms. The number of rotatable bonds is 8. The summed E-state index contributed by atoms with van der Waals surface area (Å²) in [5.41, 5.74) is 2.18. The largest absolute Gasteiger partial charge is 0.401 e. The van der Waals surface area contributed by atoms with E-state index in [0.717, 1.165) is 17.7 Å². The number of hydrogen-bond donors (Lipinski definition) is 1. The van der Waals surface area contributed by atoms with Gasteiger partial charge < -0.3 is 5.32 Å². The van der Waals surface area contributed by atoms with Crippen LogP contribution in [0.4, 0.5) is 13.2 Å². The monoisotopic (exact) mass is 302 g/mol. The first-order valence-corrected chi connectivity index (χ1v) is 7.44. The van der Waals surface area contributed by atoms with Crippen LogP contribution in [-0.4, -0.2) is 37.3 Å². The summed E-state index contributed by atoms with van der Waals surface area (Å²) < 4.78 is 38.0. The van der Waals surface area contributed by atoms with Crippen molar-refractivity contribution in [1.29, 1.82) is 0 Å². The average Bonchev–Trinajstić information content (AvgIpc) is 2.37. The highest BCUT2D eigenvalue weighted by atomic mass is 19.4. The molecular weight excluding hydrogens is 277 g/mol. The Morgan fingerprint density at radius 1 is 1.14 bits per heavy atom. The summed E-state index contributed by atoms with van der Waals surface area (Å²) in [6.07, 6.45) is -3.44. The molecule has 0 fully saturated rings. The topological polar surface area (TPSA) is 15.3 Å². The molecule has 1 atom stereocenters. The van der Waals surface area contributed by atoms with Gasteiger partial charge in [0, 0.05) is 12.6 Å². The predicted octanol–water partition coefficient (Wildman–Crippen LogP) is 3.92. The van der Waals surface area contributed by atoms with Crippen LogP contribution < -0.4 is 5.32 Å². The molecule has 0 aliphatic rings. The van der Waals surface area contributed by atoms with Crippen molar-refractivity contribution in [2.24, 2.45) is 0 Å². The van der Waals surface area contributed by atoms with Crippen LogP contribution >= 0.6 is 0 Å². The van der Waals surface area contributed by atoms with Crippen LogP contribution in [0.3, 0.4) is 0 Å². The number of hydrogen-bond acceptors (Lipinski definition) is 2. The van der Waals surface area contributed by atoms with Crippen molar-refractivity contribution < 1.29 is 13.2 Å². The second-order valence-corrected chi connectivity index (χ2v) is 5.37.